The standard InChI is InChI=1S/C26H27ClN8O2S/c1-13-8-7-9-16-19(13)31-24(37-16)33-23-28-14(2)18(21(30-23)20-15(27)12-35(4)34-20)22(36)32-25-29-17-10-5-6-11-26(17,3)38-25/h5-13,17-19,21H,1-4H3,(H,29,32,36)(H,30,31,33). The van der Waals surface area contributed by atoms with Crippen molar-refractivity contribution in [1.29, 1.82) is 0 Å². The first-order valence-electron chi connectivity index (χ1n) is 12.4. The number of aromatic nitrogens is 2. The number of aliphatic imine (C=N–C) groups is 4. The minimum absolute atomic E-state index is 0.0345. The van der Waals surface area contributed by atoms with Crippen molar-refractivity contribution in [2.75, 3.05) is 0 Å². The maximum atomic E-state index is 13.7. The van der Waals surface area contributed by atoms with Gasteiger partial charge in [0.15, 0.2) is 5.17 Å². The van der Waals surface area contributed by atoms with Crippen molar-refractivity contribution >= 4 is 52.1 Å². The first-order chi connectivity index (χ1) is 18.2. The molecule has 3 aliphatic heterocycles. The summed E-state index contributed by atoms with van der Waals surface area (Å²) in [5, 5.41) is 11.6. The number of nitrogens with one attached hydrogen (secondary N) is 2. The van der Waals surface area contributed by atoms with Crippen molar-refractivity contribution in [2.24, 2.45) is 38.9 Å². The van der Waals surface area contributed by atoms with Crippen LogP contribution in [0.3, 0.4) is 0 Å². The van der Waals surface area contributed by atoms with Crippen LogP contribution in [-0.4, -0.2) is 55.4 Å². The highest BCUT2D eigenvalue weighted by Crippen LogP contribution is 2.41. The van der Waals surface area contributed by atoms with Gasteiger partial charge in [0, 0.05) is 24.9 Å². The van der Waals surface area contributed by atoms with Crippen molar-refractivity contribution in [3.8, 4) is 0 Å². The predicted molar refractivity (Wildman–Crippen MR) is 150 cm³/mol. The van der Waals surface area contributed by atoms with E-state index in [4.69, 9.17) is 26.3 Å². The Balaban J connectivity index is 1.27. The average molecular weight is 551 g/mol. The van der Waals surface area contributed by atoms with Gasteiger partial charge in [0.25, 0.3) is 6.02 Å². The van der Waals surface area contributed by atoms with E-state index in [-0.39, 0.29) is 34.6 Å². The van der Waals surface area contributed by atoms with E-state index in [0.717, 1.165) is 5.76 Å². The van der Waals surface area contributed by atoms with Gasteiger partial charge in [-0.3, -0.25) is 19.8 Å². The van der Waals surface area contributed by atoms with Crippen LogP contribution in [0.5, 0.6) is 0 Å². The third-order valence-corrected chi connectivity index (χ3v) is 8.57. The van der Waals surface area contributed by atoms with Crippen LogP contribution in [0, 0.1) is 11.8 Å². The van der Waals surface area contributed by atoms with Gasteiger partial charge in [0.2, 0.25) is 11.9 Å². The number of aryl methyl sites for hydroxylation is 1. The molecule has 0 aromatic carbocycles. The second kappa shape index (κ2) is 9.39. The van der Waals surface area contributed by atoms with Gasteiger partial charge in [-0.25, -0.2) is 15.0 Å². The van der Waals surface area contributed by atoms with E-state index in [1.807, 2.05) is 30.4 Å². The predicted octanol–water partition coefficient (Wildman–Crippen LogP) is 3.47. The SMILES string of the molecule is CC1=NC(NC2=NC3C(=CC=CC3C)O2)=NC(c2nn(C)cc2Cl)C1C(=O)NC1=NC2C=CC=CC2(C)S1. The molecule has 2 N–H and O–H groups in total. The smallest absolute Gasteiger partial charge is 0.297 e. The highest BCUT2D eigenvalue weighted by molar-refractivity contribution is 8.15. The Bertz CT molecular complexity index is 1450. The number of guanidine groups is 1. The number of carbonyl (C=O) groups excluding carboxylic acids is 1. The largest absolute Gasteiger partial charge is 0.428 e. The molecule has 0 saturated carbocycles. The Morgan fingerprint density at radius 1 is 1.18 bits per heavy atom. The lowest BCUT2D eigenvalue weighted by molar-refractivity contribution is -0.122. The number of carbonyl (C=O) groups is 1. The Morgan fingerprint density at radius 2 is 2.03 bits per heavy atom. The molecule has 4 heterocycles. The summed E-state index contributed by atoms with van der Waals surface area (Å²) in [5.41, 5.74) is 1.04. The third-order valence-electron chi connectivity index (χ3n) is 7.06. The number of halogens is 1. The van der Waals surface area contributed by atoms with Crippen LogP contribution in [0.25, 0.3) is 0 Å². The molecule has 0 radical (unpaired) electrons. The van der Waals surface area contributed by atoms with Gasteiger partial charge in [-0.1, -0.05) is 66.7 Å². The molecule has 2 aliphatic carbocycles. The van der Waals surface area contributed by atoms with E-state index in [1.165, 1.54) is 11.8 Å². The number of nitrogens with zero attached hydrogens (tertiary/aromatic N) is 6. The van der Waals surface area contributed by atoms with Crippen LogP contribution in [0.2, 0.25) is 5.02 Å². The summed E-state index contributed by atoms with van der Waals surface area (Å²) in [6.45, 7) is 5.99. The Hall–Kier alpha value is -3.44. The zero-order valence-corrected chi connectivity index (χ0v) is 22.9. The summed E-state index contributed by atoms with van der Waals surface area (Å²) in [5.74, 6) is 0.258. The van der Waals surface area contributed by atoms with Crippen molar-refractivity contribution in [2.45, 2.75) is 43.6 Å². The minimum Gasteiger partial charge on any atom is -0.428 e. The fraction of sp³-hybridized carbons (Fsp3) is 0.385. The van der Waals surface area contributed by atoms with E-state index in [9.17, 15) is 4.79 Å². The lowest BCUT2D eigenvalue weighted by Crippen LogP contribution is -2.44. The second-order valence-corrected chi connectivity index (χ2v) is 11.9. The first kappa shape index (κ1) is 24.9. The van der Waals surface area contributed by atoms with Crippen molar-refractivity contribution in [1.82, 2.24) is 20.4 Å². The lowest BCUT2D eigenvalue weighted by Gasteiger charge is -2.27. The van der Waals surface area contributed by atoms with E-state index in [2.05, 4.69) is 51.7 Å². The van der Waals surface area contributed by atoms with E-state index in [0.29, 0.717) is 27.6 Å². The first-order valence-corrected chi connectivity index (χ1v) is 13.6. The van der Waals surface area contributed by atoms with E-state index in [1.54, 1.807) is 24.9 Å². The maximum Gasteiger partial charge on any atom is 0.297 e. The number of amides is 1. The summed E-state index contributed by atoms with van der Waals surface area (Å²) in [7, 11) is 1.77. The lowest BCUT2D eigenvalue weighted by atomic mass is 9.91. The van der Waals surface area contributed by atoms with Gasteiger partial charge in [-0.05, 0) is 19.9 Å². The van der Waals surface area contributed by atoms with Crippen LogP contribution in [0.4, 0.5) is 0 Å². The van der Waals surface area contributed by atoms with Crippen LogP contribution in [0.15, 0.2) is 74.5 Å². The molecule has 1 aromatic heterocycles. The summed E-state index contributed by atoms with van der Waals surface area (Å²) >= 11 is 8.06. The van der Waals surface area contributed by atoms with Gasteiger partial charge in [0.05, 0.1) is 15.8 Å². The minimum atomic E-state index is -0.737. The highest BCUT2D eigenvalue weighted by atomic mass is 35.5. The van der Waals surface area contributed by atoms with E-state index < -0.39 is 12.0 Å². The molecule has 6 unspecified atom stereocenters. The van der Waals surface area contributed by atoms with Crippen LogP contribution < -0.4 is 10.6 Å². The molecule has 10 nitrogen and oxygen atoms in total. The van der Waals surface area contributed by atoms with Crippen molar-refractivity contribution in [3.05, 3.63) is 65.2 Å². The Morgan fingerprint density at radius 3 is 2.76 bits per heavy atom. The molecule has 0 saturated heterocycles. The molecule has 0 spiro atoms. The van der Waals surface area contributed by atoms with Gasteiger partial charge in [0.1, 0.15) is 29.5 Å². The van der Waals surface area contributed by atoms with Gasteiger partial charge in [-0.2, -0.15) is 5.10 Å². The number of amidine groups is 2. The normalized spacial score (nSPS) is 32.9. The Labute approximate surface area is 229 Å². The average Bonchev–Trinajstić information content (AvgIpc) is 3.52. The molecule has 12 heteroatoms. The summed E-state index contributed by atoms with van der Waals surface area (Å²) in [4.78, 5) is 32.4. The second-order valence-electron chi connectivity index (χ2n) is 9.98. The summed E-state index contributed by atoms with van der Waals surface area (Å²) in [6.07, 6.45) is 15.8. The molecule has 5 aliphatic rings. The number of allylic oxidation sites excluding steroid dienone is 4. The number of hydrogen-bond donors (Lipinski definition) is 2. The van der Waals surface area contributed by atoms with Crippen LogP contribution in [0.1, 0.15) is 32.5 Å². The van der Waals surface area contributed by atoms with Crippen LogP contribution in [-0.2, 0) is 16.6 Å². The fourth-order valence-corrected chi connectivity index (χ4v) is 6.47. The number of ether oxygens (including phenoxy) is 1. The molecule has 38 heavy (non-hydrogen) atoms. The maximum absolute atomic E-state index is 13.7. The topological polar surface area (TPSA) is 118 Å². The molecule has 1 aromatic rings. The van der Waals surface area contributed by atoms with Gasteiger partial charge >= 0.3 is 0 Å². The number of fused-ring (bicyclic) bond motifs is 2. The highest BCUT2D eigenvalue weighted by Gasteiger charge is 2.43. The summed E-state index contributed by atoms with van der Waals surface area (Å²) in [6, 6.07) is -0.518. The Kier molecular flexibility index (Phi) is 6.14. The van der Waals surface area contributed by atoms with Gasteiger partial charge < -0.3 is 10.1 Å². The molecular formula is C26H27ClN8O2S. The van der Waals surface area contributed by atoms with Crippen molar-refractivity contribution < 1.29 is 9.53 Å². The summed E-state index contributed by atoms with van der Waals surface area (Å²) < 4.78 is 7.28. The van der Waals surface area contributed by atoms with Crippen molar-refractivity contribution in [3.63, 3.8) is 0 Å². The number of hydrogen-bond acceptors (Lipinski definition) is 9. The van der Waals surface area contributed by atoms with Gasteiger partial charge in [-0.15, -0.1) is 0 Å². The molecule has 0 bridgehead atoms. The molecule has 6 rings (SSSR count). The molecule has 0 fully saturated rings. The monoisotopic (exact) mass is 550 g/mol. The zero-order valence-electron chi connectivity index (χ0n) is 21.3. The fourth-order valence-electron chi connectivity index (χ4n) is 5.04. The number of thioether (sulfide) groups is 1. The molecule has 196 valence electrons. The zero-order chi connectivity index (χ0) is 26.6. The third kappa shape index (κ3) is 4.43. The van der Waals surface area contributed by atoms with E-state index >= 15 is 0 Å². The molecule has 6 atom stereocenters. The number of rotatable bonds is 2. The van der Waals surface area contributed by atoms with Crippen LogP contribution >= 0.6 is 23.4 Å². The quantitative estimate of drug-likeness (QED) is 0.584. The molecule has 1 amide bonds. The molecular weight excluding hydrogens is 524 g/mol.